The van der Waals surface area contributed by atoms with E-state index in [0.29, 0.717) is 52.0 Å². The van der Waals surface area contributed by atoms with Crippen molar-refractivity contribution in [2.24, 2.45) is 0 Å². The van der Waals surface area contributed by atoms with Gasteiger partial charge in [0.05, 0.1) is 35.5 Å². The van der Waals surface area contributed by atoms with Crippen molar-refractivity contribution in [3.8, 4) is 22.5 Å². The number of benzene rings is 3. The molecular formula is C41H43Cl2N7O3. The maximum absolute atomic E-state index is 14.5. The summed E-state index contributed by atoms with van der Waals surface area (Å²) in [5, 5.41) is 8.09. The molecule has 0 saturated carbocycles. The van der Waals surface area contributed by atoms with Crippen LogP contribution in [0.15, 0.2) is 97.5 Å². The number of carbonyl (C=O) groups is 2. The fourth-order valence-corrected chi connectivity index (χ4v) is 6.78. The first-order valence-electron chi connectivity index (χ1n) is 17.6. The quantitative estimate of drug-likeness (QED) is 0.120. The predicted molar refractivity (Wildman–Crippen MR) is 214 cm³/mol. The van der Waals surface area contributed by atoms with Crippen LogP contribution in [0.25, 0.3) is 33.4 Å². The molecule has 1 saturated heterocycles. The number of rotatable bonds is 10. The van der Waals surface area contributed by atoms with E-state index in [1.165, 1.54) is 0 Å². The number of piperidine rings is 1. The van der Waals surface area contributed by atoms with Crippen molar-refractivity contribution in [1.29, 1.82) is 0 Å². The van der Waals surface area contributed by atoms with Crippen molar-refractivity contribution in [1.82, 2.24) is 24.8 Å². The summed E-state index contributed by atoms with van der Waals surface area (Å²) in [7, 11) is 1.70. The van der Waals surface area contributed by atoms with E-state index in [9.17, 15) is 9.59 Å². The Hall–Kier alpha value is -5.16. The summed E-state index contributed by atoms with van der Waals surface area (Å²) in [4.78, 5) is 40.6. The number of fused-ring (bicyclic) bond motifs is 1. The average molecular weight is 753 g/mol. The van der Waals surface area contributed by atoms with Crippen LogP contribution in [0.2, 0.25) is 10.0 Å². The Kier molecular flexibility index (Phi) is 12.1. The van der Waals surface area contributed by atoms with Crippen molar-refractivity contribution in [3.63, 3.8) is 0 Å². The molecule has 0 aliphatic carbocycles. The second-order valence-electron chi connectivity index (χ2n) is 13.2. The Morgan fingerprint density at radius 2 is 1.64 bits per heavy atom. The topological polar surface area (TPSA) is 117 Å². The molecule has 3 aromatic carbocycles. The smallest absolute Gasteiger partial charge is 0.272 e. The zero-order valence-corrected chi connectivity index (χ0v) is 31.7. The molecule has 1 unspecified atom stereocenters. The van der Waals surface area contributed by atoms with E-state index in [0.717, 1.165) is 52.7 Å². The number of halogens is 2. The number of H-pyrrole nitrogens is 1. The molecule has 1 fully saturated rings. The number of imidazole rings is 1. The zero-order chi connectivity index (χ0) is 37.5. The van der Waals surface area contributed by atoms with Crippen LogP contribution in [0.4, 0.5) is 11.5 Å². The van der Waals surface area contributed by atoms with Crippen LogP contribution < -0.4 is 15.5 Å². The summed E-state index contributed by atoms with van der Waals surface area (Å²) < 4.78 is 6.85. The number of nitrogens with one attached hydrogen (secondary N) is 3. The van der Waals surface area contributed by atoms with Gasteiger partial charge in [-0.25, -0.2) is 9.97 Å². The minimum atomic E-state index is -0.324. The fourth-order valence-electron chi connectivity index (χ4n) is 6.48. The molecule has 7 rings (SSSR count). The molecule has 4 heterocycles. The second kappa shape index (κ2) is 17.1. The van der Waals surface area contributed by atoms with Gasteiger partial charge in [-0.2, -0.15) is 0 Å². The van der Waals surface area contributed by atoms with Crippen LogP contribution in [0, 0.1) is 0 Å². The Morgan fingerprint density at radius 3 is 2.32 bits per heavy atom. The lowest BCUT2D eigenvalue weighted by molar-refractivity contribution is -0.110. The van der Waals surface area contributed by atoms with Gasteiger partial charge < -0.3 is 29.8 Å². The molecule has 2 amide bonds. The highest BCUT2D eigenvalue weighted by Gasteiger charge is 2.29. The van der Waals surface area contributed by atoms with Gasteiger partial charge in [-0.15, -0.1) is 0 Å². The molecule has 0 radical (unpaired) electrons. The minimum Gasteiger partial charge on any atom is -0.382 e. The van der Waals surface area contributed by atoms with Crippen molar-refractivity contribution in [2.45, 2.75) is 51.8 Å². The molecule has 10 nitrogen and oxygen atoms in total. The van der Waals surface area contributed by atoms with Gasteiger partial charge in [-0.3, -0.25) is 9.59 Å². The molecule has 3 aromatic heterocycles. The number of hydrogen-bond donors (Lipinski definition) is 3. The molecule has 1 aliphatic heterocycles. The van der Waals surface area contributed by atoms with Crippen LogP contribution >= 0.6 is 23.2 Å². The Bertz CT molecular complexity index is 2160. The highest BCUT2D eigenvalue weighted by molar-refractivity contribution is 6.31. The summed E-state index contributed by atoms with van der Waals surface area (Å²) in [5.41, 5.74) is 5.90. The lowest BCUT2D eigenvalue weighted by Gasteiger charge is -2.33. The number of aromatic amines is 1. The Morgan fingerprint density at radius 1 is 0.943 bits per heavy atom. The third-order valence-electron chi connectivity index (χ3n) is 9.44. The van der Waals surface area contributed by atoms with Gasteiger partial charge in [-0.1, -0.05) is 71.7 Å². The highest BCUT2D eigenvalue weighted by atomic mass is 35.5. The summed E-state index contributed by atoms with van der Waals surface area (Å²) in [6, 6.07) is 27.0. The van der Waals surface area contributed by atoms with Crippen LogP contribution in [0.3, 0.4) is 0 Å². The van der Waals surface area contributed by atoms with Crippen LogP contribution in [-0.4, -0.2) is 64.2 Å². The van der Waals surface area contributed by atoms with Crippen molar-refractivity contribution >= 4 is 57.9 Å². The van der Waals surface area contributed by atoms with Crippen molar-refractivity contribution in [3.05, 3.63) is 119 Å². The molecule has 53 heavy (non-hydrogen) atoms. The molecule has 0 spiro atoms. The van der Waals surface area contributed by atoms with Gasteiger partial charge >= 0.3 is 0 Å². The number of pyridine rings is 1. The van der Waals surface area contributed by atoms with Crippen molar-refractivity contribution in [2.75, 3.05) is 30.4 Å². The number of ether oxygens (including phenoxy) is 1. The van der Waals surface area contributed by atoms with Gasteiger partial charge in [0, 0.05) is 64.5 Å². The molecule has 6 aromatic rings. The normalized spacial score (nSPS) is 13.8. The van der Waals surface area contributed by atoms with E-state index >= 15 is 0 Å². The fraction of sp³-hybridized carbons (Fsp3) is 0.268. The number of aromatic nitrogens is 4. The summed E-state index contributed by atoms with van der Waals surface area (Å²) in [6.07, 6.45) is 6.26. The minimum absolute atomic E-state index is 0.125. The Balaban J connectivity index is 0.000000902. The number of anilines is 2. The van der Waals surface area contributed by atoms with Crippen molar-refractivity contribution < 1.29 is 14.3 Å². The zero-order valence-electron chi connectivity index (χ0n) is 30.1. The van der Waals surface area contributed by atoms with Gasteiger partial charge in [0.15, 0.2) is 5.82 Å². The molecule has 0 bridgehead atoms. The van der Waals surface area contributed by atoms with E-state index in [2.05, 4.69) is 37.0 Å². The number of carbonyl (C=O) groups excluding carboxylic acids is 2. The summed E-state index contributed by atoms with van der Waals surface area (Å²) >= 11 is 12.7. The van der Waals surface area contributed by atoms with E-state index in [4.69, 9.17) is 32.9 Å². The van der Waals surface area contributed by atoms with Crippen LogP contribution in [0.5, 0.6) is 0 Å². The van der Waals surface area contributed by atoms with E-state index < -0.39 is 0 Å². The molecular weight excluding hydrogens is 709 g/mol. The third kappa shape index (κ3) is 8.57. The first-order chi connectivity index (χ1) is 25.7. The maximum atomic E-state index is 14.5. The van der Waals surface area contributed by atoms with Gasteiger partial charge in [0.2, 0.25) is 6.41 Å². The monoisotopic (exact) mass is 751 g/mol. The Labute approximate surface area is 319 Å². The molecule has 1 aliphatic rings. The second-order valence-corrected chi connectivity index (χ2v) is 14.0. The predicted octanol–water partition coefficient (Wildman–Crippen LogP) is 9.02. The molecule has 274 valence electrons. The van der Waals surface area contributed by atoms with Gasteiger partial charge in [-0.05, 0) is 75.6 Å². The lowest BCUT2D eigenvalue weighted by Crippen LogP contribution is -2.42. The number of methoxy groups -OCH3 is 1. The maximum Gasteiger partial charge on any atom is 0.272 e. The lowest BCUT2D eigenvalue weighted by atomic mass is 9.99. The molecule has 1 atom stereocenters. The largest absolute Gasteiger partial charge is 0.382 e. The highest BCUT2D eigenvalue weighted by Crippen LogP contribution is 2.42. The molecule has 12 heteroatoms. The van der Waals surface area contributed by atoms with E-state index in [1.54, 1.807) is 13.3 Å². The summed E-state index contributed by atoms with van der Waals surface area (Å²) in [5.74, 6) is 0.359. The standard InChI is InChI=1S/C37H33Cl2N7O2.C4H10O/c1-23(24-9-11-26(38)12-10-24)46-21-41-33(25-6-3-2-4-7-25)35(46)32-29-14-13-27(39)20-31(29)43-34(32)37(48)44-30-8-5-17-40-36(30)45-18-15-28(16-19-45)42-22-47;1-4(2)5-3/h2-14,17,20-23,28,43H,15-16,18-19H2,1H3,(H,42,47)(H,44,48);4H,1-3H3. The number of hydrogen-bond acceptors (Lipinski definition) is 6. The van der Waals surface area contributed by atoms with Gasteiger partial charge in [0.25, 0.3) is 5.91 Å². The average Bonchev–Trinajstić information content (AvgIpc) is 3.78. The number of amides is 2. The van der Waals surface area contributed by atoms with Crippen LogP contribution in [-0.2, 0) is 9.53 Å². The van der Waals surface area contributed by atoms with Crippen LogP contribution in [0.1, 0.15) is 55.7 Å². The van der Waals surface area contributed by atoms with Gasteiger partial charge in [0.1, 0.15) is 5.69 Å². The first kappa shape index (κ1) is 37.6. The summed E-state index contributed by atoms with van der Waals surface area (Å²) in [6.45, 7) is 7.50. The number of nitrogens with zero attached hydrogens (tertiary/aromatic N) is 4. The SMILES string of the molecule is CC(c1ccc(Cl)cc1)n1cnc(-c2ccccc2)c1-c1c(C(=O)Nc2cccnc2N2CCC(NC=O)CC2)[nH]c2cc(Cl)ccc12.COC(C)C. The first-order valence-corrected chi connectivity index (χ1v) is 18.4. The van der Waals surface area contributed by atoms with E-state index in [-0.39, 0.29) is 18.0 Å². The third-order valence-corrected chi connectivity index (χ3v) is 9.93. The molecule has 3 N–H and O–H groups in total. The van der Waals surface area contributed by atoms with E-state index in [1.807, 2.05) is 105 Å².